The third kappa shape index (κ3) is 2.62. The predicted octanol–water partition coefficient (Wildman–Crippen LogP) is 3.58. The van der Waals surface area contributed by atoms with Gasteiger partial charge in [-0.3, -0.25) is 4.90 Å². The van der Waals surface area contributed by atoms with E-state index in [2.05, 4.69) is 53.4 Å². The van der Waals surface area contributed by atoms with Gasteiger partial charge in [0.1, 0.15) is 0 Å². The van der Waals surface area contributed by atoms with E-state index in [9.17, 15) is 0 Å². The second-order valence-electron chi connectivity index (χ2n) is 5.34. The Balaban J connectivity index is 1.83. The fraction of sp³-hybridized carbons (Fsp3) is 0.353. The van der Waals surface area contributed by atoms with Crippen LogP contribution in [-0.4, -0.2) is 18.0 Å². The van der Waals surface area contributed by atoms with Crippen LogP contribution in [0.2, 0.25) is 0 Å². The molecule has 0 saturated carbocycles. The summed E-state index contributed by atoms with van der Waals surface area (Å²) in [5.41, 5.74) is 1.37. The summed E-state index contributed by atoms with van der Waals surface area (Å²) in [6, 6.07) is 17.4. The van der Waals surface area contributed by atoms with E-state index in [0.29, 0.717) is 0 Å². The lowest BCUT2D eigenvalue weighted by Gasteiger charge is -2.29. The second-order valence-corrected chi connectivity index (χ2v) is 5.34. The van der Waals surface area contributed by atoms with Gasteiger partial charge in [-0.1, -0.05) is 42.5 Å². The largest absolute Gasteiger partial charge is 0.298 e. The molecule has 1 heterocycles. The van der Waals surface area contributed by atoms with Crippen molar-refractivity contribution < 1.29 is 0 Å². The quantitative estimate of drug-likeness (QED) is 0.814. The highest BCUT2D eigenvalue weighted by Gasteiger charge is 2.19. The SMILES string of the molecule is N#CC1CCCN(Cc2cccc3ccccc23)C1. The van der Waals surface area contributed by atoms with Gasteiger partial charge in [0.15, 0.2) is 0 Å². The van der Waals surface area contributed by atoms with Gasteiger partial charge in [-0.2, -0.15) is 5.26 Å². The van der Waals surface area contributed by atoms with Crippen molar-refractivity contribution in [3.05, 3.63) is 48.0 Å². The topological polar surface area (TPSA) is 27.0 Å². The van der Waals surface area contributed by atoms with Crippen molar-refractivity contribution in [3.63, 3.8) is 0 Å². The molecule has 96 valence electrons. The minimum absolute atomic E-state index is 0.212. The van der Waals surface area contributed by atoms with Gasteiger partial charge < -0.3 is 0 Å². The summed E-state index contributed by atoms with van der Waals surface area (Å²) in [5, 5.41) is 11.7. The molecule has 2 aromatic rings. The van der Waals surface area contributed by atoms with E-state index in [1.54, 1.807) is 0 Å². The Labute approximate surface area is 114 Å². The maximum atomic E-state index is 9.07. The first-order valence-corrected chi connectivity index (χ1v) is 6.95. The molecule has 2 nitrogen and oxygen atoms in total. The standard InChI is InChI=1S/C17H18N2/c18-11-14-5-4-10-19(12-14)13-16-8-3-7-15-6-1-2-9-17(15)16/h1-3,6-9,14H,4-5,10,12-13H2. The summed E-state index contributed by atoms with van der Waals surface area (Å²) in [7, 11) is 0. The van der Waals surface area contributed by atoms with Gasteiger partial charge >= 0.3 is 0 Å². The lowest BCUT2D eigenvalue weighted by atomic mass is 9.98. The summed E-state index contributed by atoms with van der Waals surface area (Å²) >= 11 is 0. The molecule has 0 amide bonds. The number of fused-ring (bicyclic) bond motifs is 1. The van der Waals surface area contributed by atoms with Gasteiger partial charge in [-0.25, -0.2) is 0 Å². The number of nitriles is 1. The van der Waals surface area contributed by atoms with Crippen LogP contribution in [0.3, 0.4) is 0 Å². The third-order valence-electron chi connectivity index (χ3n) is 3.96. The summed E-state index contributed by atoms with van der Waals surface area (Å²) in [6.07, 6.45) is 2.20. The zero-order valence-corrected chi connectivity index (χ0v) is 11.0. The molecule has 3 rings (SSSR count). The minimum atomic E-state index is 0.212. The zero-order chi connectivity index (χ0) is 13.1. The van der Waals surface area contributed by atoms with E-state index in [-0.39, 0.29) is 5.92 Å². The van der Waals surface area contributed by atoms with Gasteiger partial charge in [0, 0.05) is 13.1 Å². The number of piperidine rings is 1. The van der Waals surface area contributed by atoms with Crippen LogP contribution < -0.4 is 0 Å². The van der Waals surface area contributed by atoms with E-state index in [1.807, 2.05) is 0 Å². The molecule has 2 aromatic carbocycles. The first-order valence-electron chi connectivity index (χ1n) is 6.95. The average molecular weight is 250 g/mol. The van der Waals surface area contributed by atoms with Crippen LogP contribution in [0.15, 0.2) is 42.5 Å². The molecule has 1 aliphatic heterocycles. The van der Waals surface area contributed by atoms with Crippen LogP contribution in [0.5, 0.6) is 0 Å². The number of hydrogen-bond acceptors (Lipinski definition) is 2. The molecule has 1 atom stereocenters. The lowest BCUT2D eigenvalue weighted by molar-refractivity contribution is 0.193. The number of rotatable bonds is 2. The fourth-order valence-electron chi connectivity index (χ4n) is 2.98. The second kappa shape index (κ2) is 5.42. The minimum Gasteiger partial charge on any atom is -0.298 e. The lowest BCUT2D eigenvalue weighted by Crippen LogP contribution is -2.34. The van der Waals surface area contributed by atoms with E-state index >= 15 is 0 Å². The molecule has 0 bridgehead atoms. The van der Waals surface area contributed by atoms with Crippen molar-refractivity contribution >= 4 is 10.8 Å². The van der Waals surface area contributed by atoms with Crippen molar-refractivity contribution in [1.82, 2.24) is 4.90 Å². The first-order chi connectivity index (χ1) is 9.36. The first kappa shape index (κ1) is 12.2. The van der Waals surface area contributed by atoms with Gasteiger partial charge in [-0.15, -0.1) is 0 Å². The van der Waals surface area contributed by atoms with Crippen LogP contribution in [0.4, 0.5) is 0 Å². The van der Waals surface area contributed by atoms with Crippen LogP contribution in [0, 0.1) is 17.2 Å². The highest BCUT2D eigenvalue weighted by molar-refractivity contribution is 5.85. The number of benzene rings is 2. The molecule has 0 spiro atoms. The van der Waals surface area contributed by atoms with Gasteiger partial charge in [0.2, 0.25) is 0 Å². The van der Waals surface area contributed by atoms with Crippen LogP contribution >= 0.6 is 0 Å². The molecule has 1 fully saturated rings. The molecular formula is C17H18N2. The Morgan fingerprint density at radius 1 is 1.16 bits per heavy atom. The molecular weight excluding hydrogens is 232 g/mol. The van der Waals surface area contributed by atoms with Crippen molar-refractivity contribution in [2.45, 2.75) is 19.4 Å². The van der Waals surface area contributed by atoms with Crippen molar-refractivity contribution in [2.75, 3.05) is 13.1 Å². The monoisotopic (exact) mass is 250 g/mol. The number of nitrogens with zero attached hydrogens (tertiary/aromatic N) is 2. The predicted molar refractivity (Wildman–Crippen MR) is 77.6 cm³/mol. The fourth-order valence-corrected chi connectivity index (χ4v) is 2.98. The van der Waals surface area contributed by atoms with Crippen LogP contribution in [-0.2, 0) is 6.54 Å². The van der Waals surface area contributed by atoms with Gasteiger partial charge in [0.05, 0.1) is 12.0 Å². The Kier molecular flexibility index (Phi) is 3.48. The van der Waals surface area contributed by atoms with Crippen molar-refractivity contribution in [1.29, 1.82) is 5.26 Å². The smallest absolute Gasteiger partial charge is 0.0669 e. The third-order valence-corrected chi connectivity index (χ3v) is 3.96. The molecule has 0 aromatic heterocycles. The van der Waals surface area contributed by atoms with E-state index in [0.717, 1.165) is 32.5 Å². The van der Waals surface area contributed by atoms with Crippen LogP contribution in [0.25, 0.3) is 10.8 Å². The molecule has 0 radical (unpaired) electrons. The highest BCUT2D eigenvalue weighted by Crippen LogP contribution is 2.23. The highest BCUT2D eigenvalue weighted by atomic mass is 15.1. The normalized spacial score (nSPS) is 20.3. The summed E-state index contributed by atoms with van der Waals surface area (Å²) < 4.78 is 0. The summed E-state index contributed by atoms with van der Waals surface area (Å²) in [4.78, 5) is 2.42. The summed E-state index contributed by atoms with van der Waals surface area (Å²) in [5.74, 6) is 0.212. The summed E-state index contributed by atoms with van der Waals surface area (Å²) in [6.45, 7) is 2.99. The Bertz CT molecular complexity index is 607. The van der Waals surface area contributed by atoms with Gasteiger partial charge in [-0.05, 0) is 35.7 Å². The molecule has 0 aliphatic carbocycles. The van der Waals surface area contributed by atoms with Crippen LogP contribution in [0.1, 0.15) is 18.4 Å². The zero-order valence-electron chi connectivity index (χ0n) is 11.0. The molecule has 0 N–H and O–H groups in total. The maximum absolute atomic E-state index is 9.07. The van der Waals surface area contributed by atoms with E-state index < -0.39 is 0 Å². The Morgan fingerprint density at radius 3 is 2.89 bits per heavy atom. The Morgan fingerprint density at radius 2 is 2.00 bits per heavy atom. The maximum Gasteiger partial charge on any atom is 0.0669 e. The molecule has 19 heavy (non-hydrogen) atoms. The molecule has 1 unspecified atom stereocenters. The number of hydrogen-bond donors (Lipinski definition) is 0. The van der Waals surface area contributed by atoms with Gasteiger partial charge in [0.25, 0.3) is 0 Å². The number of likely N-dealkylation sites (tertiary alicyclic amines) is 1. The molecule has 1 aliphatic rings. The molecule has 1 saturated heterocycles. The average Bonchev–Trinajstić information content (AvgIpc) is 2.48. The van der Waals surface area contributed by atoms with Crippen molar-refractivity contribution in [2.24, 2.45) is 5.92 Å². The Hall–Kier alpha value is -1.85. The molecule has 2 heteroatoms. The van der Waals surface area contributed by atoms with Crippen molar-refractivity contribution in [3.8, 4) is 6.07 Å². The van der Waals surface area contributed by atoms with E-state index in [1.165, 1.54) is 16.3 Å². The van der Waals surface area contributed by atoms with E-state index in [4.69, 9.17) is 5.26 Å².